The third-order valence-electron chi connectivity index (χ3n) is 3.24. The van der Waals surface area contributed by atoms with Gasteiger partial charge in [-0.05, 0) is 32.5 Å². The van der Waals surface area contributed by atoms with Crippen LogP contribution >= 0.6 is 0 Å². The summed E-state index contributed by atoms with van der Waals surface area (Å²) in [5.74, 6) is 0.608. The van der Waals surface area contributed by atoms with Crippen LogP contribution < -0.4 is 10.1 Å². The number of pyridine rings is 1. The molecule has 0 aromatic carbocycles. The highest BCUT2D eigenvalue weighted by Gasteiger charge is 2.39. The predicted octanol–water partition coefficient (Wildman–Crippen LogP) is 1.17. The lowest BCUT2D eigenvalue weighted by Gasteiger charge is -2.32. The van der Waals surface area contributed by atoms with Gasteiger partial charge in [-0.2, -0.15) is 0 Å². The molecule has 18 heavy (non-hydrogen) atoms. The van der Waals surface area contributed by atoms with Crippen molar-refractivity contribution in [1.29, 1.82) is 0 Å². The van der Waals surface area contributed by atoms with Crippen molar-refractivity contribution >= 4 is 9.84 Å². The van der Waals surface area contributed by atoms with Gasteiger partial charge in [-0.1, -0.05) is 0 Å². The Bertz CT molecular complexity index is 512. The van der Waals surface area contributed by atoms with E-state index in [-0.39, 0.29) is 6.04 Å². The lowest BCUT2D eigenvalue weighted by molar-refractivity contribution is 0.407. The maximum absolute atomic E-state index is 11.9. The minimum atomic E-state index is -3.21. The predicted molar refractivity (Wildman–Crippen MR) is 71.5 cm³/mol. The van der Waals surface area contributed by atoms with Crippen LogP contribution in [0.3, 0.4) is 0 Å². The highest BCUT2D eigenvalue weighted by atomic mass is 32.2. The van der Waals surface area contributed by atoms with E-state index in [0.29, 0.717) is 5.75 Å². The molecule has 1 heterocycles. The SMILES string of the molecule is CNC(c1cncc(OC)c1)C(C)(C)S(C)(=O)=O. The van der Waals surface area contributed by atoms with E-state index in [4.69, 9.17) is 4.74 Å². The molecule has 0 aliphatic rings. The summed E-state index contributed by atoms with van der Waals surface area (Å²) in [6, 6.07) is 1.44. The highest BCUT2D eigenvalue weighted by molar-refractivity contribution is 7.92. The quantitative estimate of drug-likeness (QED) is 0.871. The van der Waals surface area contributed by atoms with Gasteiger partial charge < -0.3 is 10.1 Å². The van der Waals surface area contributed by atoms with Gasteiger partial charge in [-0.15, -0.1) is 0 Å². The summed E-state index contributed by atoms with van der Waals surface area (Å²) in [6.45, 7) is 3.39. The van der Waals surface area contributed by atoms with Crippen molar-refractivity contribution in [2.45, 2.75) is 24.6 Å². The Morgan fingerprint density at radius 1 is 1.39 bits per heavy atom. The summed E-state index contributed by atoms with van der Waals surface area (Å²) < 4.78 is 28.0. The van der Waals surface area contributed by atoms with Crippen LogP contribution in [0.25, 0.3) is 0 Å². The molecule has 1 aromatic heterocycles. The second-order valence-corrected chi connectivity index (χ2v) is 7.35. The van der Waals surface area contributed by atoms with Crippen LogP contribution in [0.2, 0.25) is 0 Å². The van der Waals surface area contributed by atoms with Crippen LogP contribution in [0.5, 0.6) is 5.75 Å². The molecule has 0 amide bonds. The molecule has 6 heteroatoms. The van der Waals surface area contributed by atoms with Crippen molar-refractivity contribution in [2.75, 3.05) is 20.4 Å². The second kappa shape index (κ2) is 5.24. The fraction of sp³-hybridized carbons (Fsp3) is 0.583. The van der Waals surface area contributed by atoms with Crippen molar-refractivity contribution < 1.29 is 13.2 Å². The Balaban J connectivity index is 3.25. The maximum atomic E-state index is 11.9. The normalized spacial score (nSPS) is 14.3. The molecule has 0 spiro atoms. The molecule has 5 nitrogen and oxygen atoms in total. The zero-order valence-electron chi connectivity index (χ0n) is 11.4. The Labute approximate surface area is 108 Å². The molecule has 0 aliphatic heterocycles. The summed E-state index contributed by atoms with van der Waals surface area (Å²) in [6.07, 6.45) is 4.48. The van der Waals surface area contributed by atoms with E-state index in [1.165, 1.54) is 6.26 Å². The Kier molecular flexibility index (Phi) is 4.34. The van der Waals surface area contributed by atoms with Crippen molar-refractivity contribution in [3.05, 3.63) is 24.0 Å². The number of aromatic nitrogens is 1. The molecule has 0 radical (unpaired) electrons. The maximum Gasteiger partial charge on any atom is 0.154 e. The number of ether oxygens (including phenoxy) is 1. The number of sulfone groups is 1. The first-order valence-corrected chi connectivity index (χ1v) is 7.49. The van der Waals surface area contributed by atoms with Gasteiger partial charge in [-0.25, -0.2) is 8.42 Å². The van der Waals surface area contributed by atoms with Crippen LogP contribution in [-0.2, 0) is 9.84 Å². The molecule has 102 valence electrons. The van der Waals surface area contributed by atoms with Crippen LogP contribution in [0.4, 0.5) is 0 Å². The second-order valence-electron chi connectivity index (χ2n) is 4.76. The lowest BCUT2D eigenvalue weighted by Crippen LogP contribution is -2.43. The van der Waals surface area contributed by atoms with Gasteiger partial charge in [0.15, 0.2) is 9.84 Å². The van der Waals surface area contributed by atoms with E-state index in [1.54, 1.807) is 46.5 Å². The van der Waals surface area contributed by atoms with Crippen molar-refractivity contribution in [1.82, 2.24) is 10.3 Å². The minimum absolute atomic E-state index is 0.352. The Morgan fingerprint density at radius 3 is 2.44 bits per heavy atom. The average Bonchev–Trinajstić information content (AvgIpc) is 2.28. The summed E-state index contributed by atoms with van der Waals surface area (Å²) >= 11 is 0. The molecule has 1 aromatic rings. The first-order valence-electron chi connectivity index (χ1n) is 5.60. The summed E-state index contributed by atoms with van der Waals surface area (Å²) in [4.78, 5) is 4.06. The zero-order valence-corrected chi connectivity index (χ0v) is 12.2. The van der Waals surface area contributed by atoms with E-state index < -0.39 is 14.6 Å². The molecule has 1 unspecified atom stereocenters. The summed E-state index contributed by atoms with van der Waals surface area (Å²) in [5.41, 5.74) is 0.785. The van der Waals surface area contributed by atoms with Gasteiger partial charge in [0.1, 0.15) is 5.75 Å². The van der Waals surface area contributed by atoms with Gasteiger partial charge in [0.05, 0.1) is 24.1 Å². The summed E-state index contributed by atoms with van der Waals surface area (Å²) in [5, 5.41) is 3.04. The van der Waals surface area contributed by atoms with Crippen molar-refractivity contribution in [3.8, 4) is 5.75 Å². The molecule has 0 bridgehead atoms. The Hall–Kier alpha value is -1.14. The monoisotopic (exact) mass is 272 g/mol. The first-order chi connectivity index (χ1) is 8.24. The fourth-order valence-corrected chi connectivity index (χ4v) is 2.52. The standard InChI is InChI=1S/C12H20N2O3S/c1-12(2,18(5,15)16)11(13-3)9-6-10(17-4)8-14-7-9/h6-8,11,13H,1-5H3. The number of methoxy groups -OCH3 is 1. The number of rotatable bonds is 5. The van der Waals surface area contributed by atoms with Crippen LogP contribution in [0, 0.1) is 0 Å². The molecule has 1 atom stereocenters. The van der Waals surface area contributed by atoms with Gasteiger partial charge >= 0.3 is 0 Å². The topological polar surface area (TPSA) is 68.3 Å². The van der Waals surface area contributed by atoms with Gasteiger partial charge in [0.25, 0.3) is 0 Å². The highest BCUT2D eigenvalue weighted by Crippen LogP contribution is 2.32. The molecule has 1 rings (SSSR count). The number of nitrogens with one attached hydrogen (secondary N) is 1. The molecular formula is C12H20N2O3S. The van der Waals surface area contributed by atoms with E-state index in [2.05, 4.69) is 10.3 Å². The molecule has 0 aliphatic carbocycles. The Morgan fingerprint density at radius 2 is 2.00 bits per heavy atom. The van der Waals surface area contributed by atoms with Crippen LogP contribution in [-0.4, -0.2) is 38.6 Å². The van der Waals surface area contributed by atoms with Crippen molar-refractivity contribution in [2.24, 2.45) is 0 Å². The van der Waals surface area contributed by atoms with Crippen LogP contribution in [0.1, 0.15) is 25.5 Å². The molecular weight excluding hydrogens is 252 g/mol. The zero-order chi connectivity index (χ0) is 14.0. The fourth-order valence-electron chi connectivity index (χ4n) is 1.83. The minimum Gasteiger partial charge on any atom is -0.495 e. The van der Waals surface area contributed by atoms with E-state index in [1.807, 2.05) is 0 Å². The van der Waals surface area contributed by atoms with Crippen LogP contribution in [0.15, 0.2) is 18.5 Å². The van der Waals surface area contributed by atoms with E-state index in [9.17, 15) is 8.42 Å². The average molecular weight is 272 g/mol. The smallest absolute Gasteiger partial charge is 0.154 e. The van der Waals surface area contributed by atoms with E-state index >= 15 is 0 Å². The van der Waals surface area contributed by atoms with Gasteiger partial charge in [0.2, 0.25) is 0 Å². The van der Waals surface area contributed by atoms with Gasteiger partial charge in [0, 0.05) is 12.5 Å². The molecule has 0 fully saturated rings. The first kappa shape index (κ1) is 14.9. The lowest BCUT2D eigenvalue weighted by atomic mass is 9.96. The number of nitrogens with zero attached hydrogens (tertiary/aromatic N) is 1. The number of hydrogen-bond acceptors (Lipinski definition) is 5. The third-order valence-corrected chi connectivity index (χ3v) is 5.39. The number of hydrogen-bond donors (Lipinski definition) is 1. The van der Waals surface area contributed by atoms with Gasteiger partial charge in [-0.3, -0.25) is 4.98 Å². The van der Waals surface area contributed by atoms with E-state index in [0.717, 1.165) is 5.56 Å². The molecule has 0 saturated carbocycles. The van der Waals surface area contributed by atoms with Crippen molar-refractivity contribution in [3.63, 3.8) is 0 Å². The molecule has 0 saturated heterocycles. The third kappa shape index (κ3) is 2.81. The largest absolute Gasteiger partial charge is 0.495 e. The summed E-state index contributed by atoms with van der Waals surface area (Å²) in [7, 11) is 0.0732. The molecule has 1 N–H and O–H groups in total.